The van der Waals surface area contributed by atoms with E-state index in [9.17, 15) is 14.7 Å². The van der Waals surface area contributed by atoms with Crippen LogP contribution in [-0.4, -0.2) is 63.6 Å². The fourth-order valence-corrected chi connectivity index (χ4v) is 4.40. The monoisotopic (exact) mass is 478 g/mol. The van der Waals surface area contributed by atoms with Crippen LogP contribution in [0.3, 0.4) is 0 Å². The third kappa shape index (κ3) is 4.49. The van der Waals surface area contributed by atoms with Crippen LogP contribution >= 0.6 is 11.6 Å². The highest BCUT2D eigenvalue weighted by atomic mass is 35.5. The summed E-state index contributed by atoms with van der Waals surface area (Å²) in [6.45, 7) is 2.97. The molecule has 1 amide bonds. The van der Waals surface area contributed by atoms with Gasteiger partial charge in [-0.15, -0.1) is 0 Å². The molecule has 1 aliphatic heterocycles. The Bertz CT molecular complexity index is 1230. The van der Waals surface area contributed by atoms with E-state index in [0.717, 1.165) is 12.2 Å². The molecule has 1 saturated heterocycles. The second-order valence-corrected chi connectivity index (χ2v) is 9.03. The van der Waals surface area contributed by atoms with Crippen LogP contribution in [0.2, 0.25) is 5.02 Å². The van der Waals surface area contributed by atoms with Crippen LogP contribution in [0.5, 0.6) is 0 Å². The largest absolute Gasteiger partial charge is 0.507 e. The Morgan fingerprint density at radius 3 is 2.41 bits per heavy atom. The average molecular weight is 479 g/mol. The normalized spacial score (nSPS) is 17.7. The predicted molar refractivity (Wildman–Crippen MR) is 132 cm³/mol. The minimum absolute atomic E-state index is 0.0629. The molecule has 1 atom stereocenters. The van der Waals surface area contributed by atoms with E-state index in [4.69, 9.17) is 11.6 Å². The van der Waals surface area contributed by atoms with Gasteiger partial charge in [0.1, 0.15) is 5.76 Å². The summed E-state index contributed by atoms with van der Waals surface area (Å²) in [5, 5.41) is 16.3. The Morgan fingerprint density at radius 1 is 1.09 bits per heavy atom. The number of Topliss-reactive ketones (excluding diaryl/α,β-unsaturated/α-hetero) is 1. The van der Waals surface area contributed by atoms with Gasteiger partial charge in [0.05, 0.1) is 34.8 Å². The molecule has 2 heterocycles. The summed E-state index contributed by atoms with van der Waals surface area (Å²) in [6, 6.07) is 15.8. The molecule has 0 spiro atoms. The molecule has 0 aliphatic carbocycles. The van der Waals surface area contributed by atoms with E-state index in [-0.39, 0.29) is 11.3 Å². The minimum Gasteiger partial charge on any atom is -0.507 e. The molecule has 0 radical (unpaired) electrons. The highest BCUT2D eigenvalue weighted by molar-refractivity contribution is 6.46. The lowest BCUT2D eigenvalue weighted by Gasteiger charge is -2.26. The number of carbonyl (C=O) groups excluding carboxylic acids is 2. The molecule has 1 aromatic heterocycles. The standard InChI is InChI=1S/C26H27ClN4O3/c1-17-21(16-28-31(17)20-8-5-4-6-9-20)24(32)22-23(18-10-12-19(27)13-11-18)30(26(34)25(22)33)15-7-14-29(2)3/h4-6,8-13,16,23,32H,7,14-15H2,1-3H3/b24-22+. The first-order valence-corrected chi connectivity index (χ1v) is 11.5. The van der Waals surface area contributed by atoms with Gasteiger partial charge in [-0.25, -0.2) is 4.68 Å². The quantitative estimate of drug-likeness (QED) is 0.312. The van der Waals surface area contributed by atoms with Crippen molar-refractivity contribution >= 4 is 29.1 Å². The second kappa shape index (κ2) is 9.83. The molecule has 1 unspecified atom stereocenters. The number of hydrogen-bond donors (Lipinski definition) is 1. The maximum atomic E-state index is 13.2. The van der Waals surface area contributed by atoms with Crippen LogP contribution in [0.15, 0.2) is 66.4 Å². The lowest BCUT2D eigenvalue weighted by atomic mass is 9.95. The smallest absolute Gasteiger partial charge is 0.295 e. The van der Waals surface area contributed by atoms with E-state index in [0.29, 0.717) is 34.8 Å². The van der Waals surface area contributed by atoms with E-state index in [2.05, 4.69) is 5.10 Å². The number of halogens is 1. The molecule has 7 nitrogen and oxygen atoms in total. The molecule has 0 saturated carbocycles. The highest BCUT2D eigenvalue weighted by Gasteiger charge is 2.46. The second-order valence-electron chi connectivity index (χ2n) is 8.59. The van der Waals surface area contributed by atoms with E-state index < -0.39 is 17.7 Å². The number of rotatable bonds is 7. The molecule has 1 N–H and O–H groups in total. The third-order valence-corrected chi connectivity index (χ3v) is 6.25. The number of hydrogen-bond acceptors (Lipinski definition) is 5. The first-order chi connectivity index (χ1) is 16.3. The zero-order valence-corrected chi connectivity index (χ0v) is 20.2. The van der Waals surface area contributed by atoms with Gasteiger partial charge < -0.3 is 14.9 Å². The lowest BCUT2D eigenvalue weighted by Crippen LogP contribution is -2.32. The summed E-state index contributed by atoms with van der Waals surface area (Å²) in [6.07, 6.45) is 2.21. The molecule has 3 aromatic rings. The summed E-state index contributed by atoms with van der Waals surface area (Å²) < 4.78 is 1.69. The van der Waals surface area contributed by atoms with Gasteiger partial charge in [0, 0.05) is 11.6 Å². The third-order valence-electron chi connectivity index (χ3n) is 6.00. The Morgan fingerprint density at radius 2 is 1.76 bits per heavy atom. The van der Waals surface area contributed by atoms with Gasteiger partial charge in [0.2, 0.25) is 0 Å². The summed E-state index contributed by atoms with van der Waals surface area (Å²) in [5.41, 5.74) is 2.68. The number of carbonyl (C=O) groups is 2. The number of ketones is 1. The van der Waals surface area contributed by atoms with E-state index in [1.54, 1.807) is 28.9 Å². The number of nitrogens with zero attached hydrogens (tertiary/aromatic N) is 4. The van der Waals surface area contributed by atoms with Crippen molar-refractivity contribution in [1.29, 1.82) is 0 Å². The number of aliphatic hydroxyl groups excluding tert-OH is 1. The Balaban J connectivity index is 1.80. The fraction of sp³-hybridized carbons (Fsp3) is 0.269. The van der Waals surface area contributed by atoms with Crippen molar-refractivity contribution in [3.8, 4) is 5.69 Å². The molecule has 2 aromatic carbocycles. The van der Waals surface area contributed by atoms with Crippen molar-refractivity contribution in [2.24, 2.45) is 0 Å². The van der Waals surface area contributed by atoms with Crippen LogP contribution in [0.1, 0.15) is 29.3 Å². The van der Waals surface area contributed by atoms with Gasteiger partial charge in [0.25, 0.3) is 11.7 Å². The number of amides is 1. The van der Waals surface area contributed by atoms with Crippen LogP contribution in [-0.2, 0) is 9.59 Å². The average Bonchev–Trinajstić information content (AvgIpc) is 3.32. The lowest BCUT2D eigenvalue weighted by molar-refractivity contribution is -0.139. The number of benzene rings is 2. The fourth-order valence-electron chi connectivity index (χ4n) is 4.28. The van der Waals surface area contributed by atoms with Gasteiger partial charge in [-0.3, -0.25) is 9.59 Å². The van der Waals surface area contributed by atoms with E-state index in [1.165, 1.54) is 11.1 Å². The van der Waals surface area contributed by atoms with Gasteiger partial charge in [-0.1, -0.05) is 41.9 Å². The molecule has 4 rings (SSSR count). The van der Waals surface area contributed by atoms with Gasteiger partial charge in [-0.05, 0) is 63.8 Å². The molecule has 1 fully saturated rings. The molecular formula is C26H27ClN4O3. The molecule has 1 aliphatic rings. The Kier molecular flexibility index (Phi) is 6.86. The van der Waals surface area contributed by atoms with Crippen molar-refractivity contribution in [3.05, 3.63) is 88.2 Å². The summed E-state index contributed by atoms with van der Waals surface area (Å²) >= 11 is 6.08. The zero-order chi connectivity index (χ0) is 24.4. The SMILES string of the molecule is Cc1c(/C(O)=C2\C(=O)C(=O)N(CCCN(C)C)C2c2ccc(Cl)cc2)cnn1-c1ccccc1. The first-order valence-electron chi connectivity index (χ1n) is 11.1. The van der Waals surface area contributed by atoms with Crippen LogP contribution < -0.4 is 0 Å². The van der Waals surface area contributed by atoms with Crippen molar-refractivity contribution < 1.29 is 14.7 Å². The van der Waals surface area contributed by atoms with Crippen LogP contribution in [0.4, 0.5) is 0 Å². The Hall–Kier alpha value is -3.42. The summed E-state index contributed by atoms with van der Waals surface area (Å²) in [5.74, 6) is -1.55. The van der Waals surface area contributed by atoms with Gasteiger partial charge in [0.15, 0.2) is 0 Å². The van der Waals surface area contributed by atoms with E-state index >= 15 is 0 Å². The molecule has 34 heavy (non-hydrogen) atoms. The van der Waals surface area contributed by atoms with Crippen molar-refractivity contribution in [2.75, 3.05) is 27.2 Å². The zero-order valence-electron chi connectivity index (χ0n) is 19.4. The van der Waals surface area contributed by atoms with Crippen LogP contribution in [0, 0.1) is 6.92 Å². The van der Waals surface area contributed by atoms with Crippen molar-refractivity contribution in [2.45, 2.75) is 19.4 Å². The minimum atomic E-state index is -0.709. The van der Waals surface area contributed by atoms with E-state index in [1.807, 2.05) is 56.3 Å². The first kappa shape index (κ1) is 23.7. The maximum Gasteiger partial charge on any atom is 0.295 e. The van der Waals surface area contributed by atoms with Gasteiger partial charge >= 0.3 is 0 Å². The molecule has 0 bridgehead atoms. The Labute approximate surface area is 203 Å². The molecule has 8 heteroatoms. The van der Waals surface area contributed by atoms with Crippen molar-refractivity contribution in [1.82, 2.24) is 19.6 Å². The van der Waals surface area contributed by atoms with Gasteiger partial charge in [-0.2, -0.15) is 5.10 Å². The molecule has 176 valence electrons. The summed E-state index contributed by atoms with van der Waals surface area (Å²) in [4.78, 5) is 29.8. The van der Waals surface area contributed by atoms with Crippen molar-refractivity contribution in [3.63, 3.8) is 0 Å². The number of para-hydroxylation sites is 1. The maximum absolute atomic E-state index is 13.2. The number of aromatic nitrogens is 2. The summed E-state index contributed by atoms with van der Waals surface area (Å²) in [7, 11) is 3.91. The predicted octanol–water partition coefficient (Wildman–Crippen LogP) is 4.21. The molecular weight excluding hydrogens is 452 g/mol. The topological polar surface area (TPSA) is 78.7 Å². The number of likely N-dealkylation sites (tertiary alicyclic amines) is 1. The number of aliphatic hydroxyl groups is 1. The highest BCUT2D eigenvalue weighted by Crippen LogP contribution is 2.40. The van der Waals surface area contributed by atoms with Crippen LogP contribution in [0.25, 0.3) is 11.4 Å².